The third-order valence-electron chi connectivity index (χ3n) is 6.00. The maximum atomic E-state index is 4.71. The Morgan fingerprint density at radius 2 is 2.06 bits per heavy atom. The molecule has 1 fully saturated rings. The Morgan fingerprint density at radius 3 is 2.88 bits per heavy atom. The van der Waals surface area contributed by atoms with Crippen molar-refractivity contribution >= 4 is 40.3 Å². The highest BCUT2D eigenvalue weighted by Gasteiger charge is 2.25. The van der Waals surface area contributed by atoms with E-state index in [-0.39, 0.29) is 5.92 Å². The van der Waals surface area contributed by atoms with Crippen molar-refractivity contribution in [2.75, 3.05) is 36.4 Å². The van der Waals surface area contributed by atoms with E-state index < -0.39 is 0 Å². The lowest BCUT2D eigenvalue weighted by atomic mass is 9.91. The van der Waals surface area contributed by atoms with E-state index in [1.165, 1.54) is 10.5 Å². The van der Waals surface area contributed by atoms with Crippen LogP contribution < -0.4 is 26.2 Å². The van der Waals surface area contributed by atoms with Crippen molar-refractivity contribution in [3.63, 3.8) is 0 Å². The van der Waals surface area contributed by atoms with E-state index >= 15 is 0 Å². The largest absolute Gasteiger partial charge is 0.368 e. The van der Waals surface area contributed by atoms with Gasteiger partial charge in [-0.3, -0.25) is 4.99 Å². The molecule has 3 aliphatic rings. The first-order valence-electron chi connectivity index (χ1n) is 10.9. The standard InChI is InChI=1S/C24H23N7S/c1-2-19(32-9-1)10-16-12-26-15-21-23(16)20-11-17(13-28-24(20)30-21)29-22-4-3-18(14-27-22)31-7-5-25-6-8-31/h1-4,9,11-16,25H,5-8,10H2,(H,27,29). The van der Waals surface area contributed by atoms with Crippen molar-refractivity contribution in [1.82, 2.24) is 15.3 Å². The molecule has 6 rings (SSSR count). The quantitative estimate of drug-likeness (QED) is 0.635. The van der Waals surface area contributed by atoms with Gasteiger partial charge in [0.05, 0.1) is 35.7 Å². The number of nitrogens with one attached hydrogen (secondary N) is 2. The molecule has 160 valence electrons. The molecule has 0 saturated carbocycles. The summed E-state index contributed by atoms with van der Waals surface area (Å²) in [6.07, 6.45) is 8.55. The smallest absolute Gasteiger partial charge is 0.160 e. The van der Waals surface area contributed by atoms with E-state index in [0.717, 1.165) is 66.2 Å². The highest BCUT2D eigenvalue weighted by Crippen LogP contribution is 2.29. The molecule has 0 amide bonds. The number of anilines is 3. The molecule has 0 aromatic carbocycles. The molecule has 0 aliphatic carbocycles. The number of hydrogen-bond acceptors (Lipinski definition) is 8. The van der Waals surface area contributed by atoms with Gasteiger partial charge in [0.25, 0.3) is 0 Å². The van der Waals surface area contributed by atoms with Gasteiger partial charge < -0.3 is 15.5 Å². The van der Waals surface area contributed by atoms with Crippen molar-refractivity contribution in [2.24, 2.45) is 15.9 Å². The van der Waals surface area contributed by atoms with Crippen molar-refractivity contribution < 1.29 is 0 Å². The number of rotatable bonds is 5. The minimum atomic E-state index is 0.201. The van der Waals surface area contributed by atoms with Crippen LogP contribution in [0.2, 0.25) is 0 Å². The summed E-state index contributed by atoms with van der Waals surface area (Å²) in [7, 11) is 0. The average Bonchev–Trinajstić information content (AvgIpc) is 3.48. The van der Waals surface area contributed by atoms with Crippen LogP contribution in [0.15, 0.2) is 70.0 Å². The first-order valence-corrected chi connectivity index (χ1v) is 11.8. The van der Waals surface area contributed by atoms with Crippen LogP contribution in [0.4, 0.5) is 17.2 Å². The summed E-state index contributed by atoms with van der Waals surface area (Å²) in [6, 6.07) is 10.6. The topological polar surface area (TPSA) is 77.8 Å². The molecule has 1 saturated heterocycles. The van der Waals surface area contributed by atoms with E-state index in [1.807, 2.05) is 30.9 Å². The number of fused-ring (bicyclic) bond motifs is 2. The van der Waals surface area contributed by atoms with Crippen molar-refractivity contribution in [3.8, 4) is 0 Å². The molecule has 0 radical (unpaired) electrons. The van der Waals surface area contributed by atoms with Gasteiger partial charge in [0.1, 0.15) is 5.82 Å². The first kappa shape index (κ1) is 19.3. The van der Waals surface area contributed by atoms with Crippen LogP contribution in [-0.2, 0) is 6.42 Å². The van der Waals surface area contributed by atoms with Crippen LogP contribution in [0.5, 0.6) is 0 Å². The van der Waals surface area contributed by atoms with Gasteiger partial charge in [0, 0.05) is 48.4 Å². The van der Waals surface area contributed by atoms with Gasteiger partial charge in [-0.05, 0) is 41.6 Å². The molecule has 1 unspecified atom stereocenters. The van der Waals surface area contributed by atoms with Crippen molar-refractivity contribution in [2.45, 2.75) is 6.42 Å². The number of aliphatic imine (C=N–C) groups is 1. The molecular formula is C24H23N7S. The second kappa shape index (κ2) is 8.29. The molecule has 3 aromatic rings. The minimum Gasteiger partial charge on any atom is -0.368 e. The summed E-state index contributed by atoms with van der Waals surface area (Å²) in [6.45, 7) is 4.05. The zero-order valence-electron chi connectivity index (χ0n) is 17.5. The van der Waals surface area contributed by atoms with E-state index in [0.29, 0.717) is 0 Å². The van der Waals surface area contributed by atoms with Crippen LogP contribution in [0.25, 0.3) is 5.57 Å². The van der Waals surface area contributed by atoms with Crippen molar-refractivity contribution in [3.05, 3.63) is 75.6 Å². The SMILES string of the molecule is C1=NC=C2N=c3ncc(Nc4ccc(N5CCNCC5)cn4)cc3=C2C1Cc1cccs1. The predicted octanol–water partition coefficient (Wildman–Crippen LogP) is 2.26. The number of aromatic nitrogens is 2. The third kappa shape index (κ3) is 3.72. The van der Waals surface area contributed by atoms with Gasteiger partial charge in [0.2, 0.25) is 0 Å². The molecular weight excluding hydrogens is 418 g/mol. The summed E-state index contributed by atoms with van der Waals surface area (Å²) < 4.78 is 0. The van der Waals surface area contributed by atoms with Gasteiger partial charge in [-0.25, -0.2) is 15.0 Å². The fourth-order valence-corrected chi connectivity index (χ4v) is 5.19. The molecule has 3 aromatic heterocycles. The number of thiophene rings is 1. The number of nitrogens with zero attached hydrogens (tertiary/aromatic N) is 5. The zero-order chi connectivity index (χ0) is 21.3. The highest BCUT2D eigenvalue weighted by molar-refractivity contribution is 7.09. The Hall–Kier alpha value is -3.36. The van der Waals surface area contributed by atoms with Crippen LogP contribution >= 0.6 is 11.3 Å². The van der Waals surface area contributed by atoms with E-state index in [1.54, 1.807) is 11.3 Å². The molecule has 1 atom stereocenters. The molecule has 6 heterocycles. The monoisotopic (exact) mass is 441 g/mol. The lowest BCUT2D eigenvalue weighted by molar-refractivity contribution is 0.589. The van der Waals surface area contributed by atoms with E-state index in [9.17, 15) is 0 Å². The van der Waals surface area contributed by atoms with Crippen LogP contribution in [0, 0.1) is 5.92 Å². The van der Waals surface area contributed by atoms with Crippen LogP contribution in [-0.4, -0.2) is 42.4 Å². The Kier molecular flexibility index (Phi) is 5.01. The fraction of sp³-hybridized carbons (Fsp3) is 0.250. The summed E-state index contributed by atoms with van der Waals surface area (Å²) >= 11 is 1.78. The minimum absolute atomic E-state index is 0.201. The maximum absolute atomic E-state index is 4.71. The zero-order valence-corrected chi connectivity index (χ0v) is 18.3. The average molecular weight is 442 g/mol. The summed E-state index contributed by atoms with van der Waals surface area (Å²) in [4.78, 5) is 22.1. The second-order valence-corrected chi connectivity index (χ2v) is 9.12. The van der Waals surface area contributed by atoms with Gasteiger partial charge in [-0.1, -0.05) is 6.07 Å². The Bertz CT molecular complexity index is 1300. The van der Waals surface area contributed by atoms with Gasteiger partial charge in [0.15, 0.2) is 5.49 Å². The molecule has 3 aliphatic heterocycles. The molecule has 0 spiro atoms. The Morgan fingerprint density at radius 1 is 1.12 bits per heavy atom. The maximum Gasteiger partial charge on any atom is 0.160 e. The van der Waals surface area contributed by atoms with Gasteiger partial charge in [-0.15, -0.1) is 11.3 Å². The molecule has 7 nitrogen and oxygen atoms in total. The molecule has 0 bridgehead atoms. The molecule has 8 heteroatoms. The number of allylic oxidation sites excluding steroid dienone is 1. The number of piperazine rings is 1. The predicted molar refractivity (Wildman–Crippen MR) is 129 cm³/mol. The first-order chi connectivity index (χ1) is 15.8. The van der Waals surface area contributed by atoms with Gasteiger partial charge >= 0.3 is 0 Å². The van der Waals surface area contributed by atoms with Crippen LogP contribution in [0.3, 0.4) is 0 Å². The number of pyridine rings is 2. The Balaban J connectivity index is 1.28. The van der Waals surface area contributed by atoms with Gasteiger partial charge in [-0.2, -0.15) is 0 Å². The van der Waals surface area contributed by atoms with Crippen LogP contribution in [0.1, 0.15) is 4.88 Å². The highest BCUT2D eigenvalue weighted by atomic mass is 32.1. The summed E-state index contributed by atoms with van der Waals surface area (Å²) in [5, 5.41) is 9.98. The summed E-state index contributed by atoms with van der Waals surface area (Å²) in [5.41, 5.74) is 4.97. The normalized spacial score (nSPS) is 19.2. The molecule has 2 N–H and O–H groups in total. The van der Waals surface area contributed by atoms with E-state index in [2.05, 4.69) is 60.1 Å². The lowest BCUT2D eigenvalue weighted by Gasteiger charge is -2.29. The third-order valence-corrected chi connectivity index (χ3v) is 6.90. The summed E-state index contributed by atoms with van der Waals surface area (Å²) in [5.74, 6) is 1.01. The fourth-order valence-electron chi connectivity index (χ4n) is 4.42. The number of hydrogen-bond donors (Lipinski definition) is 2. The van der Waals surface area contributed by atoms with E-state index in [4.69, 9.17) is 4.99 Å². The lowest BCUT2D eigenvalue weighted by Crippen LogP contribution is -2.43. The Labute approximate surface area is 190 Å². The molecule has 32 heavy (non-hydrogen) atoms. The van der Waals surface area contributed by atoms with Crippen molar-refractivity contribution in [1.29, 1.82) is 0 Å². The second-order valence-electron chi connectivity index (χ2n) is 8.09.